The average molecular weight is 345 g/mol. The smallest absolute Gasteiger partial charge is 0.228 e. The van der Waals surface area contributed by atoms with E-state index in [0.717, 1.165) is 48.2 Å². The van der Waals surface area contributed by atoms with Gasteiger partial charge in [0.05, 0.1) is 20.1 Å². The summed E-state index contributed by atoms with van der Waals surface area (Å²) >= 11 is 1.63. The van der Waals surface area contributed by atoms with Gasteiger partial charge < -0.3 is 14.5 Å². The molecule has 2 aliphatic heterocycles. The lowest BCUT2D eigenvalue weighted by Gasteiger charge is -2.24. The summed E-state index contributed by atoms with van der Waals surface area (Å²) in [5.74, 6) is 1.01. The number of amidine groups is 1. The van der Waals surface area contributed by atoms with Crippen molar-refractivity contribution in [3.05, 3.63) is 40.9 Å². The predicted molar refractivity (Wildman–Crippen MR) is 98.0 cm³/mol. The van der Waals surface area contributed by atoms with E-state index in [1.165, 1.54) is 0 Å². The molecular weight excluding hydrogens is 322 g/mol. The summed E-state index contributed by atoms with van der Waals surface area (Å²) < 4.78 is 5.19. The third-order valence-corrected chi connectivity index (χ3v) is 5.11. The molecule has 3 rings (SSSR count). The fraction of sp³-hybridized carbons (Fsp3) is 0.444. The average Bonchev–Trinajstić information content (AvgIpc) is 3.20. The Bertz CT molecular complexity index is 655. The molecule has 0 bridgehead atoms. The Labute approximate surface area is 147 Å². The van der Waals surface area contributed by atoms with Gasteiger partial charge in [-0.05, 0) is 29.5 Å². The predicted octanol–water partition coefficient (Wildman–Crippen LogP) is 3.08. The maximum atomic E-state index is 12.8. The number of hydrogen-bond donors (Lipinski definition) is 0. The molecule has 0 N–H and O–H groups in total. The number of hydrogen-bond acceptors (Lipinski definition) is 5. The molecule has 0 saturated carbocycles. The molecule has 0 aliphatic carbocycles. The van der Waals surface area contributed by atoms with Gasteiger partial charge in [-0.15, -0.1) is 0 Å². The van der Waals surface area contributed by atoms with Gasteiger partial charge in [-0.2, -0.15) is 0 Å². The second-order valence-electron chi connectivity index (χ2n) is 5.88. The highest BCUT2D eigenvalue weighted by atomic mass is 32.2. The van der Waals surface area contributed by atoms with Crippen molar-refractivity contribution < 1.29 is 9.53 Å². The largest absolute Gasteiger partial charge is 0.497 e. The Morgan fingerprint density at radius 1 is 1.38 bits per heavy atom. The van der Waals surface area contributed by atoms with E-state index in [1.54, 1.807) is 18.9 Å². The van der Waals surface area contributed by atoms with Gasteiger partial charge in [0, 0.05) is 25.3 Å². The molecule has 1 amide bonds. The number of amides is 1. The molecule has 24 heavy (non-hydrogen) atoms. The van der Waals surface area contributed by atoms with Crippen LogP contribution in [0.2, 0.25) is 0 Å². The lowest BCUT2D eigenvalue weighted by Crippen LogP contribution is -2.33. The first-order valence-electron chi connectivity index (χ1n) is 8.29. The molecule has 0 radical (unpaired) electrons. The third-order valence-electron chi connectivity index (χ3n) is 4.16. The van der Waals surface area contributed by atoms with E-state index in [1.807, 2.05) is 29.2 Å². The highest BCUT2D eigenvalue weighted by Gasteiger charge is 2.28. The van der Waals surface area contributed by atoms with E-state index in [0.29, 0.717) is 13.0 Å². The minimum Gasteiger partial charge on any atom is -0.497 e. The molecule has 1 aromatic rings. The van der Waals surface area contributed by atoms with Crippen LogP contribution >= 0.6 is 11.8 Å². The van der Waals surface area contributed by atoms with E-state index >= 15 is 0 Å². The van der Waals surface area contributed by atoms with Crippen LogP contribution in [-0.2, 0) is 11.3 Å². The topological polar surface area (TPSA) is 45.1 Å². The van der Waals surface area contributed by atoms with Crippen LogP contribution in [-0.4, -0.2) is 47.6 Å². The number of nitrogens with zero attached hydrogens (tertiary/aromatic N) is 3. The summed E-state index contributed by atoms with van der Waals surface area (Å²) in [7, 11) is 1.66. The van der Waals surface area contributed by atoms with E-state index in [4.69, 9.17) is 4.74 Å². The molecule has 0 aromatic heterocycles. The lowest BCUT2D eigenvalue weighted by atomic mass is 10.2. The molecule has 0 spiro atoms. The Balaban J connectivity index is 1.63. The molecule has 0 atom stereocenters. The first kappa shape index (κ1) is 16.9. The number of benzene rings is 1. The van der Waals surface area contributed by atoms with Crippen molar-refractivity contribution in [2.45, 2.75) is 26.3 Å². The highest BCUT2D eigenvalue weighted by molar-refractivity contribution is 8.16. The van der Waals surface area contributed by atoms with Gasteiger partial charge in [0.25, 0.3) is 0 Å². The first-order valence-corrected chi connectivity index (χ1v) is 9.17. The lowest BCUT2D eigenvalue weighted by molar-refractivity contribution is -0.131. The van der Waals surface area contributed by atoms with Gasteiger partial charge in [0.1, 0.15) is 5.75 Å². The fourth-order valence-corrected chi connectivity index (χ4v) is 3.85. The van der Waals surface area contributed by atoms with Gasteiger partial charge >= 0.3 is 0 Å². The summed E-state index contributed by atoms with van der Waals surface area (Å²) in [6.07, 6.45) is 1.40. The maximum Gasteiger partial charge on any atom is 0.228 e. The zero-order valence-corrected chi connectivity index (χ0v) is 15.0. The van der Waals surface area contributed by atoms with E-state index in [-0.39, 0.29) is 5.91 Å². The van der Waals surface area contributed by atoms with Crippen LogP contribution < -0.4 is 4.74 Å². The quantitative estimate of drug-likeness (QED) is 0.762. The van der Waals surface area contributed by atoms with E-state index < -0.39 is 0 Å². The van der Waals surface area contributed by atoms with Crippen molar-refractivity contribution in [2.24, 2.45) is 4.99 Å². The van der Waals surface area contributed by atoms with Crippen molar-refractivity contribution in [3.8, 4) is 5.75 Å². The molecule has 1 aromatic carbocycles. The van der Waals surface area contributed by atoms with Crippen molar-refractivity contribution >= 4 is 22.8 Å². The normalized spacial score (nSPS) is 15.8. The fourth-order valence-electron chi connectivity index (χ4n) is 2.90. The summed E-state index contributed by atoms with van der Waals surface area (Å²) in [5.41, 5.74) is 2.20. The Morgan fingerprint density at radius 3 is 2.88 bits per heavy atom. The number of aliphatic imine (C=N–C) groups is 1. The Kier molecular flexibility index (Phi) is 5.45. The number of ether oxygens (including phenoxy) is 1. The van der Waals surface area contributed by atoms with Crippen LogP contribution in [0.15, 0.2) is 40.4 Å². The molecule has 0 fully saturated rings. The molecule has 2 aliphatic rings. The number of thioether (sulfide) groups is 1. The molecule has 2 heterocycles. The number of carbonyl (C=O) groups excluding carboxylic acids is 1. The van der Waals surface area contributed by atoms with Gasteiger partial charge in [0.15, 0.2) is 5.17 Å². The monoisotopic (exact) mass is 345 g/mol. The minimum atomic E-state index is 0.174. The van der Waals surface area contributed by atoms with Gasteiger partial charge in [-0.25, -0.2) is 0 Å². The van der Waals surface area contributed by atoms with Crippen LogP contribution in [0.1, 0.15) is 25.3 Å². The standard InChI is InChI=1S/C18H23N3O2S/c1-3-9-20(12-14-4-6-16(23-2)7-5-14)17(22)11-15-13-24-18-19-8-10-21(15)18/h4-7,13H,3,8-12H2,1-2H3. The molecule has 6 heteroatoms. The van der Waals surface area contributed by atoms with E-state index in [2.05, 4.69) is 22.2 Å². The van der Waals surface area contributed by atoms with Crippen LogP contribution in [0.4, 0.5) is 0 Å². The second kappa shape index (κ2) is 7.75. The zero-order valence-electron chi connectivity index (χ0n) is 14.2. The van der Waals surface area contributed by atoms with E-state index in [9.17, 15) is 4.79 Å². The molecule has 0 saturated heterocycles. The molecular formula is C18H23N3O2S. The number of methoxy groups -OCH3 is 1. The van der Waals surface area contributed by atoms with Crippen LogP contribution in [0, 0.1) is 0 Å². The van der Waals surface area contributed by atoms with Crippen molar-refractivity contribution in [2.75, 3.05) is 26.7 Å². The minimum absolute atomic E-state index is 0.174. The van der Waals surface area contributed by atoms with Crippen LogP contribution in [0.3, 0.4) is 0 Å². The molecule has 128 valence electrons. The Morgan fingerprint density at radius 2 is 2.17 bits per heavy atom. The first-order chi connectivity index (χ1) is 11.7. The molecule has 5 nitrogen and oxygen atoms in total. The van der Waals surface area contributed by atoms with Gasteiger partial charge in [-0.1, -0.05) is 30.8 Å². The number of rotatable bonds is 7. The maximum absolute atomic E-state index is 12.8. The van der Waals surface area contributed by atoms with Crippen molar-refractivity contribution in [1.29, 1.82) is 0 Å². The Hall–Kier alpha value is -1.95. The van der Waals surface area contributed by atoms with Crippen LogP contribution in [0.25, 0.3) is 0 Å². The number of fused-ring (bicyclic) bond motifs is 1. The number of carbonyl (C=O) groups is 1. The van der Waals surface area contributed by atoms with Gasteiger partial charge in [0.2, 0.25) is 5.91 Å². The van der Waals surface area contributed by atoms with Crippen molar-refractivity contribution in [3.63, 3.8) is 0 Å². The SMILES string of the molecule is CCCN(Cc1ccc(OC)cc1)C(=O)CC1=CSC2=NCCN12. The summed E-state index contributed by atoms with van der Waals surface area (Å²) in [6, 6.07) is 7.91. The summed E-state index contributed by atoms with van der Waals surface area (Å²) in [4.78, 5) is 21.3. The highest BCUT2D eigenvalue weighted by Crippen LogP contribution is 2.31. The van der Waals surface area contributed by atoms with Gasteiger partial charge in [-0.3, -0.25) is 9.79 Å². The van der Waals surface area contributed by atoms with Crippen LogP contribution in [0.5, 0.6) is 5.75 Å². The summed E-state index contributed by atoms with van der Waals surface area (Å²) in [5, 5.41) is 3.10. The second-order valence-corrected chi connectivity index (χ2v) is 6.72. The third kappa shape index (κ3) is 3.75. The van der Waals surface area contributed by atoms with Crippen molar-refractivity contribution in [1.82, 2.24) is 9.80 Å². The zero-order chi connectivity index (χ0) is 16.9. The molecule has 0 unspecified atom stereocenters. The summed E-state index contributed by atoms with van der Waals surface area (Å²) in [6.45, 7) is 5.24.